The molecule has 0 amide bonds. The van der Waals surface area contributed by atoms with Crippen molar-refractivity contribution in [3.63, 3.8) is 0 Å². The zero-order valence-corrected chi connectivity index (χ0v) is 14.3. The van der Waals surface area contributed by atoms with Gasteiger partial charge in [0, 0.05) is 11.6 Å². The number of hydrogen-bond donors (Lipinski definition) is 0. The van der Waals surface area contributed by atoms with Crippen LogP contribution in [0.3, 0.4) is 0 Å². The van der Waals surface area contributed by atoms with Gasteiger partial charge in [0.2, 0.25) is 5.82 Å². The number of nitrogens with zero attached hydrogens (tertiary/aromatic N) is 3. The molecule has 1 aromatic heterocycles. The molecule has 0 saturated carbocycles. The first-order valence-electron chi connectivity index (χ1n) is 7.94. The van der Waals surface area contributed by atoms with Crippen LogP contribution in [0.15, 0.2) is 53.1 Å². The summed E-state index contributed by atoms with van der Waals surface area (Å²) in [7, 11) is 0. The lowest BCUT2D eigenvalue weighted by Crippen LogP contribution is -2.15. The van der Waals surface area contributed by atoms with Gasteiger partial charge in [-0.3, -0.25) is 10.1 Å². The molecule has 9 heteroatoms. The predicted octanol–water partition coefficient (Wildman–Crippen LogP) is 3.08. The fraction of sp³-hybridized carbons (Fsp3) is 0.167. The van der Waals surface area contributed by atoms with Crippen molar-refractivity contribution in [2.75, 3.05) is 6.61 Å². The van der Waals surface area contributed by atoms with E-state index in [1.54, 1.807) is 6.07 Å². The standard InChI is InChI=1S/C18H15N3O6/c1-12-6-8-13(9-7-12)18-19-16(27-20-18)10-26-17(22)11-25-15-5-3-2-4-14(15)21(23)24/h2-9H,10-11H2,1H3. The van der Waals surface area contributed by atoms with Gasteiger partial charge in [-0.2, -0.15) is 4.98 Å². The van der Waals surface area contributed by atoms with Crippen molar-refractivity contribution < 1.29 is 23.7 Å². The van der Waals surface area contributed by atoms with Crippen LogP contribution in [0, 0.1) is 17.0 Å². The Balaban J connectivity index is 1.53. The Morgan fingerprint density at radius 2 is 1.93 bits per heavy atom. The monoisotopic (exact) mass is 369 g/mol. The highest BCUT2D eigenvalue weighted by Crippen LogP contribution is 2.25. The van der Waals surface area contributed by atoms with Crippen LogP contribution in [0.2, 0.25) is 0 Å². The maximum atomic E-state index is 11.8. The number of aromatic nitrogens is 2. The Morgan fingerprint density at radius 3 is 2.67 bits per heavy atom. The summed E-state index contributed by atoms with van der Waals surface area (Å²) in [6, 6.07) is 13.3. The van der Waals surface area contributed by atoms with E-state index in [9.17, 15) is 14.9 Å². The van der Waals surface area contributed by atoms with Gasteiger partial charge < -0.3 is 14.0 Å². The van der Waals surface area contributed by atoms with E-state index < -0.39 is 17.5 Å². The average molecular weight is 369 g/mol. The van der Waals surface area contributed by atoms with Crippen molar-refractivity contribution in [2.24, 2.45) is 0 Å². The van der Waals surface area contributed by atoms with Crippen LogP contribution in [0.1, 0.15) is 11.5 Å². The average Bonchev–Trinajstić information content (AvgIpc) is 3.14. The molecule has 3 aromatic rings. The van der Waals surface area contributed by atoms with Crippen molar-refractivity contribution in [3.05, 3.63) is 70.1 Å². The topological polar surface area (TPSA) is 118 Å². The molecule has 0 aliphatic rings. The number of para-hydroxylation sites is 2. The third-order valence-corrected chi connectivity index (χ3v) is 3.54. The molecule has 0 fully saturated rings. The van der Waals surface area contributed by atoms with E-state index in [4.69, 9.17) is 14.0 Å². The molecular formula is C18H15N3O6. The quantitative estimate of drug-likeness (QED) is 0.354. The largest absolute Gasteiger partial charge is 0.475 e. The van der Waals surface area contributed by atoms with Crippen molar-refractivity contribution >= 4 is 11.7 Å². The number of nitro benzene ring substituents is 1. The summed E-state index contributed by atoms with van der Waals surface area (Å²) in [5.41, 5.74) is 1.65. The van der Waals surface area contributed by atoms with Gasteiger partial charge in [0.05, 0.1) is 4.92 Å². The molecule has 0 N–H and O–H groups in total. The lowest BCUT2D eigenvalue weighted by atomic mass is 10.1. The fourth-order valence-electron chi connectivity index (χ4n) is 2.18. The van der Waals surface area contributed by atoms with Crippen molar-refractivity contribution in [3.8, 4) is 17.1 Å². The Labute approximate surface area is 153 Å². The zero-order valence-electron chi connectivity index (χ0n) is 14.3. The highest BCUT2D eigenvalue weighted by atomic mass is 16.6. The number of esters is 1. The highest BCUT2D eigenvalue weighted by Gasteiger charge is 2.16. The van der Waals surface area contributed by atoms with E-state index in [0.717, 1.165) is 11.1 Å². The molecular weight excluding hydrogens is 354 g/mol. The van der Waals surface area contributed by atoms with Crippen LogP contribution >= 0.6 is 0 Å². The van der Waals surface area contributed by atoms with E-state index in [-0.39, 0.29) is 23.9 Å². The fourth-order valence-corrected chi connectivity index (χ4v) is 2.18. The predicted molar refractivity (Wildman–Crippen MR) is 92.9 cm³/mol. The van der Waals surface area contributed by atoms with Crippen LogP contribution in [0.4, 0.5) is 5.69 Å². The van der Waals surface area contributed by atoms with Crippen molar-refractivity contribution in [2.45, 2.75) is 13.5 Å². The smallest absolute Gasteiger partial charge is 0.344 e. The SMILES string of the molecule is Cc1ccc(-c2noc(COC(=O)COc3ccccc3[N+](=O)[O-])n2)cc1. The first-order chi connectivity index (χ1) is 13.0. The number of hydrogen-bond acceptors (Lipinski definition) is 8. The van der Waals surface area contributed by atoms with Crippen LogP contribution in [0.25, 0.3) is 11.4 Å². The highest BCUT2D eigenvalue weighted by molar-refractivity contribution is 5.71. The van der Waals surface area contributed by atoms with E-state index in [1.807, 2.05) is 31.2 Å². The van der Waals surface area contributed by atoms with Crippen LogP contribution in [0.5, 0.6) is 5.75 Å². The Bertz CT molecular complexity index is 952. The lowest BCUT2D eigenvalue weighted by molar-refractivity contribution is -0.385. The van der Waals surface area contributed by atoms with Crippen molar-refractivity contribution in [1.82, 2.24) is 10.1 Å². The molecule has 2 aromatic carbocycles. The molecule has 0 saturated heterocycles. The molecule has 0 spiro atoms. The molecule has 138 valence electrons. The Kier molecular flexibility index (Phi) is 5.41. The van der Waals surface area contributed by atoms with Gasteiger partial charge in [-0.1, -0.05) is 47.1 Å². The summed E-state index contributed by atoms with van der Waals surface area (Å²) in [6.45, 7) is 1.26. The number of ether oxygens (including phenoxy) is 2. The summed E-state index contributed by atoms with van der Waals surface area (Å²) >= 11 is 0. The minimum absolute atomic E-state index is 0.0149. The first-order valence-corrected chi connectivity index (χ1v) is 7.94. The van der Waals surface area contributed by atoms with E-state index >= 15 is 0 Å². The summed E-state index contributed by atoms with van der Waals surface area (Å²) < 4.78 is 15.2. The van der Waals surface area contributed by atoms with E-state index in [0.29, 0.717) is 5.82 Å². The summed E-state index contributed by atoms with van der Waals surface area (Å²) in [6.07, 6.45) is 0. The second-order valence-electron chi connectivity index (χ2n) is 5.55. The van der Waals surface area contributed by atoms with Gasteiger partial charge in [0.15, 0.2) is 19.0 Å². The van der Waals surface area contributed by atoms with Crippen LogP contribution < -0.4 is 4.74 Å². The number of carbonyl (C=O) groups excluding carboxylic acids is 1. The Hall–Kier alpha value is -3.75. The van der Waals surface area contributed by atoms with Crippen molar-refractivity contribution in [1.29, 1.82) is 0 Å². The number of nitro groups is 1. The number of carbonyl (C=O) groups is 1. The molecule has 1 heterocycles. The maximum Gasteiger partial charge on any atom is 0.344 e. The normalized spacial score (nSPS) is 10.4. The summed E-state index contributed by atoms with van der Waals surface area (Å²) in [5.74, 6) is -0.219. The molecule has 3 rings (SSSR count). The van der Waals surface area contributed by atoms with E-state index in [1.165, 1.54) is 18.2 Å². The van der Waals surface area contributed by atoms with Gasteiger partial charge in [-0.15, -0.1) is 0 Å². The lowest BCUT2D eigenvalue weighted by Gasteiger charge is -2.05. The molecule has 0 unspecified atom stereocenters. The molecule has 0 bridgehead atoms. The molecule has 9 nitrogen and oxygen atoms in total. The van der Waals surface area contributed by atoms with Gasteiger partial charge in [-0.25, -0.2) is 4.79 Å². The molecule has 27 heavy (non-hydrogen) atoms. The Morgan fingerprint density at radius 1 is 1.19 bits per heavy atom. The summed E-state index contributed by atoms with van der Waals surface area (Å²) in [5, 5.41) is 14.7. The second-order valence-corrected chi connectivity index (χ2v) is 5.55. The van der Waals surface area contributed by atoms with Gasteiger partial charge in [-0.05, 0) is 13.0 Å². The number of benzene rings is 2. The maximum absolute atomic E-state index is 11.8. The minimum atomic E-state index is -0.719. The van der Waals surface area contributed by atoms with E-state index in [2.05, 4.69) is 10.1 Å². The molecule has 0 radical (unpaired) electrons. The summed E-state index contributed by atoms with van der Waals surface area (Å²) in [4.78, 5) is 26.2. The zero-order chi connectivity index (χ0) is 19.2. The van der Waals surface area contributed by atoms with Gasteiger partial charge >= 0.3 is 11.7 Å². The van der Waals surface area contributed by atoms with Crippen LogP contribution in [-0.2, 0) is 16.1 Å². The van der Waals surface area contributed by atoms with Crippen LogP contribution in [-0.4, -0.2) is 27.6 Å². The minimum Gasteiger partial charge on any atom is -0.475 e. The van der Waals surface area contributed by atoms with Gasteiger partial charge in [0.1, 0.15) is 0 Å². The molecule has 0 aliphatic heterocycles. The van der Waals surface area contributed by atoms with Gasteiger partial charge in [0.25, 0.3) is 5.89 Å². The number of rotatable bonds is 7. The first kappa shape index (κ1) is 18.1. The number of aryl methyl sites for hydroxylation is 1. The molecule has 0 atom stereocenters. The molecule has 0 aliphatic carbocycles. The second kappa shape index (κ2) is 8.09. The third kappa shape index (κ3) is 4.66. The third-order valence-electron chi connectivity index (χ3n) is 3.54.